The zero-order valence-electron chi connectivity index (χ0n) is 19.0. The van der Waals surface area contributed by atoms with Gasteiger partial charge in [0.25, 0.3) is 0 Å². The Kier molecular flexibility index (Phi) is 5.62. The maximum atomic E-state index is 15.0. The van der Waals surface area contributed by atoms with E-state index in [1.165, 1.54) is 6.07 Å². The molecular formula is C25H25ClFN5O. The molecule has 4 heterocycles. The van der Waals surface area contributed by atoms with Crippen LogP contribution in [-0.4, -0.2) is 30.8 Å². The third kappa shape index (κ3) is 4.23. The predicted molar refractivity (Wildman–Crippen MR) is 126 cm³/mol. The molecule has 0 spiro atoms. The van der Waals surface area contributed by atoms with E-state index in [-0.39, 0.29) is 18.1 Å². The molecule has 0 radical (unpaired) electrons. The third-order valence-electron chi connectivity index (χ3n) is 6.32. The fourth-order valence-electron chi connectivity index (χ4n) is 4.55. The fourth-order valence-corrected chi connectivity index (χ4v) is 4.71. The van der Waals surface area contributed by atoms with E-state index in [2.05, 4.69) is 12.0 Å². The van der Waals surface area contributed by atoms with E-state index in [0.717, 1.165) is 35.5 Å². The van der Waals surface area contributed by atoms with Gasteiger partial charge in [-0.25, -0.2) is 19.3 Å². The van der Waals surface area contributed by atoms with E-state index >= 15 is 0 Å². The average Bonchev–Trinajstić information content (AvgIpc) is 3.20. The van der Waals surface area contributed by atoms with Gasteiger partial charge in [-0.05, 0) is 57.9 Å². The maximum absolute atomic E-state index is 15.0. The molecular weight excluding hydrogens is 441 g/mol. The van der Waals surface area contributed by atoms with Crippen molar-refractivity contribution in [3.8, 4) is 11.1 Å². The molecule has 3 atom stereocenters. The highest BCUT2D eigenvalue weighted by Gasteiger charge is 2.31. The lowest BCUT2D eigenvalue weighted by atomic mass is 9.86. The minimum atomic E-state index is -0.394. The molecule has 4 aromatic rings. The molecule has 1 aliphatic rings. The molecule has 1 aromatic carbocycles. The Bertz CT molecular complexity index is 1350. The van der Waals surface area contributed by atoms with E-state index in [4.69, 9.17) is 31.3 Å². The van der Waals surface area contributed by atoms with Gasteiger partial charge in [0, 0.05) is 46.6 Å². The zero-order valence-corrected chi connectivity index (χ0v) is 19.8. The molecule has 6 nitrogen and oxygen atoms in total. The SMILES string of the molecule is Cc1nc2nc(C3CC(C)OC(c4cnn(C)c4)C3)cc(-c3ccc(Cl)cc3F)c2nc1C. The lowest BCUT2D eigenvalue weighted by Crippen LogP contribution is -2.25. The lowest BCUT2D eigenvalue weighted by Gasteiger charge is -2.33. The number of benzene rings is 1. The van der Waals surface area contributed by atoms with Crippen LogP contribution in [0, 0.1) is 19.7 Å². The highest BCUT2D eigenvalue weighted by molar-refractivity contribution is 6.30. The lowest BCUT2D eigenvalue weighted by molar-refractivity contribution is -0.0505. The predicted octanol–water partition coefficient (Wildman–Crippen LogP) is 5.86. The summed E-state index contributed by atoms with van der Waals surface area (Å²) in [6.07, 6.45) is 5.38. The molecule has 3 unspecified atom stereocenters. The number of nitrogens with zero attached hydrogens (tertiary/aromatic N) is 5. The number of halogens is 2. The first-order valence-corrected chi connectivity index (χ1v) is 11.4. The first kappa shape index (κ1) is 21.9. The van der Waals surface area contributed by atoms with Crippen LogP contribution in [0.15, 0.2) is 36.7 Å². The van der Waals surface area contributed by atoms with Gasteiger partial charge in [-0.3, -0.25) is 4.68 Å². The third-order valence-corrected chi connectivity index (χ3v) is 6.55. The first-order chi connectivity index (χ1) is 15.8. The summed E-state index contributed by atoms with van der Waals surface area (Å²) in [5.74, 6) is -0.268. The van der Waals surface area contributed by atoms with Gasteiger partial charge in [-0.2, -0.15) is 5.10 Å². The second-order valence-electron chi connectivity index (χ2n) is 8.84. The summed E-state index contributed by atoms with van der Waals surface area (Å²) in [7, 11) is 1.90. The van der Waals surface area contributed by atoms with Crippen molar-refractivity contribution in [3.63, 3.8) is 0 Å². The number of hydrogen-bond acceptors (Lipinski definition) is 5. The normalized spacial score (nSPS) is 21.0. The second-order valence-corrected chi connectivity index (χ2v) is 9.27. The van der Waals surface area contributed by atoms with Crippen LogP contribution in [0.25, 0.3) is 22.3 Å². The fraction of sp³-hybridized carbons (Fsp3) is 0.360. The number of fused-ring (bicyclic) bond motifs is 1. The molecule has 1 saturated heterocycles. The summed E-state index contributed by atoms with van der Waals surface area (Å²) in [5.41, 5.74) is 5.75. The molecule has 0 amide bonds. The molecule has 0 bridgehead atoms. The Morgan fingerprint density at radius 1 is 1.06 bits per heavy atom. The summed E-state index contributed by atoms with van der Waals surface area (Å²) in [6.45, 7) is 5.88. The van der Waals surface area contributed by atoms with E-state index in [0.29, 0.717) is 27.3 Å². The monoisotopic (exact) mass is 465 g/mol. The molecule has 3 aromatic heterocycles. The van der Waals surface area contributed by atoms with Gasteiger partial charge in [0.15, 0.2) is 5.65 Å². The number of aryl methyl sites for hydroxylation is 3. The highest BCUT2D eigenvalue weighted by Crippen LogP contribution is 2.41. The number of pyridine rings is 1. The van der Waals surface area contributed by atoms with E-state index in [1.54, 1.807) is 16.8 Å². The molecule has 1 fully saturated rings. The van der Waals surface area contributed by atoms with Gasteiger partial charge >= 0.3 is 0 Å². The summed E-state index contributed by atoms with van der Waals surface area (Å²) in [4.78, 5) is 14.3. The summed E-state index contributed by atoms with van der Waals surface area (Å²) < 4.78 is 23.0. The van der Waals surface area contributed by atoms with E-state index in [1.807, 2.05) is 39.4 Å². The number of hydrogen-bond donors (Lipinski definition) is 0. The van der Waals surface area contributed by atoms with Crippen LogP contribution in [0.3, 0.4) is 0 Å². The van der Waals surface area contributed by atoms with Gasteiger partial charge in [0.1, 0.15) is 11.3 Å². The van der Waals surface area contributed by atoms with Gasteiger partial charge < -0.3 is 4.74 Å². The van der Waals surface area contributed by atoms with Crippen LogP contribution in [0.1, 0.15) is 54.4 Å². The molecule has 5 rings (SSSR count). The number of ether oxygens (including phenoxy) is 1. The maximum Gasteiger partial charge on any atom is 0.179 e. The first-order valence-electron chi connectivity index (χ1n) is 11.0. The zero-order chi connectivity index (χ0) is 23.3. The molecule has 1 aliphatic heterocycles. The summed E-state index contributed by atoms with van der Waals surface area (Å²) >= 11 is 6.01. The van der Waals surface area contributed by atoms with Crippen LogP contribution in [0.2, 0.25) is 5.02 Å². The Hall–Kier alpha value is -2.90. The van der Waals surface area contributed by atoms with Gasteiger partial charge in [0.05, 0.1) is 29.8 Å². The Labute approximate surface area is 196 Å². The average molecular weight is 466 g/mol. The van der Waals surface area contributed by atoms with Gasteiger partial charge in [0.2, 0.25) is 0 Å². The molecule has 8 heteroatoms. The van der Waals surface area contributed by atoms with Crippen molar-refractivity contribution >= 4 is 22.8 Å². The number of rotatable bonds is 3. The van der Waals surface area contributed by atoms with Crippen LogP contribution in [0.5, 0.6) is 0 Å². The topological polar surface area (TPSA) is 65.7 Å². The van der Waals surface area contributed by atoms with Crippen LogP contribution < -0.4 is 0 Å². The Morgan fingerprint density at radius 2 is 1.85 bits per heavy atom. The minimum absolute atomic E-state index is 0.0491. The molecule has 0 aliphatic carbocycles. The van der Waals surface area contributed by atoms with Crippen molar-refractivity contribution in [3.05, 3.63) is 70.1 Å². The molecule has 0 saturated carbocycles. The van der Waals surface area contributed by atoms with Crippen molar-refractivity contribution in [2.24, 2.45) is 7.05 Å². The second kappa shape index (κ2) is 8.47. The van der Waals surface area contributed by atoms with E-state index < -0.39 is 5.82 Å². The van der Waals surface area contributed by atoms with Gasteiger partial charge in [-0.15, -0.1) is 0 Å². The highest BCUT2D eigenvalue weighted by atomic mass is 35.5. The van der Waals surface area contributed by atoms with Crippen LogP contribution in [-0.2, 0) is 11.8 Å². The summed E-state index contributed by atoms with van der Waals surface area (Å²) in [6, 6.07) is 6.67. The summed E-state index contributed by atoms with van der Waals surface area (Å²) in [5, 5.41) is 4.65. The van der Waals surface area contributed by atoms with Crippen molar-refractivity contribution in [2.75, 3.05) is 0 Å². The quantitative estimate of drug-likeness (QED) is 0.379. The van der Waals surface area contributed by atoms with Crippen LogP contribution >= 0.6 is 11.6 Å². The Morgan fingerprint density at radius 3 is 2.58 bits per heavy atom. The van der Waals surface area contributed by atoms with Gasteiger partial charge in [-0.1, -0.05) is 11.6 Å². The van der Waals surface area contributed by atoms with Crippen molar-refractivity contribution in [2.45, 2.75) is 51.7 Å². The van der Waals surface area contributed by atoms with Crippen molar-refractivity contribution < 1.29 is 9.13 Å². The standard InChI is InChI=1S/C25H25ClFN5O/c1-13-7-16(8-23(33-13)17-11-28-32(4)12-17)22-10-20(19-6-5-18(26)9-21(19)27)24-25(31-22)30-15(3)14(2)29-24/h5-6,9-13,16,23H,7-8H2,1-4H3. The smallest absolute Gasteiger partial charge is 0.179 e. The molecule has 33 heavy (non-hydrogen) atoms. The molecule has 170 valence electrons. The van der Waals surface area contributed by atoms with Crippen LogP contribution in [0.4, 0.5) is 4.39 Å². The number of aromatic nitrogens is 5. The largest absolute Gasteiger partial charge is 0.370 e. The Balaban J connectivity index is 1.64. The van der Waals surface area contributed by atoms with Crippen molar-refractivity contribution in [1.82, 2.24) is 24.7 Å². The minimum Gasteiger partial charge on any atom is -0.370 e. The van der Waals surface area contributed by atoms with E-state index in [9.17, 15) is 4.39 Å². The van der Waals surface area contributed by atoms with Crippen molar-refractivity contribution in [1.29, 1.82) is 0 Å². The molecule has 0 N–H and O–H groups in total.